The average Bonchev–Trinajstić information content (AvgIpc) is 2.59. The topological polar surface area (TPSA) is 37.3 Å². The first kappa shape index (κ1) is 23.4. The van der Waals surface area contributed by atoms with Gasteiger partial charge in [0, 0.05) is 6.42 Å². The van der Waals surface area contributed by atoms with Gasteiger partial charge in [0.05, 0.1) is 0 Å². The van der Waals surface area contributed by atoms with E-state index in [0.717, 1.165) is 32.1 Å². The molecule has 1 unspecified atom stereocenters. The Hall–Kier alpha value is -1.57. The van der Waals surface area contributed by atoms with Crippen LogP contribution in [0.25, 0.3) is 0 Å². The van der Waals surface area contributed by atoms with Crippen molar-refractivity contribution in [1.82, 2.24) is 0 Å². The van der Waals surface area contributed by atoms with E-state index in [9.17, 15) is 4.79 Å². The number of carboxylic acids is 1. The summed E-state index contributed by atoms with van der Waals surface area (Å²) in [5.41, 5.74) is 0. The molecule has 0 aromatic carbocycles. The third kappa shape index (κ3) is 20.4. The summed E-state index contributed by atoms with van der Waals surface area (Å²) in [7, 11) is 0. The van der Waals surface area contributed by atoms with Crippen molar-refractivity contribution < 1.29 is 9.90 Å². The lowest BCUT2D eigenvalue weighted by molar-refractivity contribution is -0.137. The average molecular weight is 347 g/mol. The highest BCUT2D eigenvalue weighted by Gasteiger charge is 2.02. The molecule has 0 fully saturated rings. The lowest BCUT2D eigenvalue weighted by atomic mass is 10.0. The van der Waals surface area contributed by atoms with Crippen molar-refractivity contribution in [3.05, 3.63) is 48.6 Å². The lowest BCUT2D eigenvalue weighted by Crippen LogP contribution is -1.99. The minimum atomic E-state index is -0.701. The second-order valence-corrected chi connectivity index (χ2v) is 6.73. The predicted molar refractivity (Wildman–Crippen MR) is 110 cm³/mol. The molecule has 0 bridgehead atoms. The molecule has 0 heterocycles. The van der Waals surface area contributed by atoms with Gasteiger partial charge in [0.2, 0.25) is 0 Å². The Balaban J connectivity index is 3.49. The highest BCUT2D eigenvalue weighted by molar-refractivity contribution is 5.66. The van der Waals surface area contributed by atoms with Crippen molar-refractivity contribution in [3.8, 4) is 0 Å². The number of rotatable bonds is 16. The Labute approximate surface area is 155 Å². The molecule has 0 aromatic heterocycles. The molecule has 2 nitrogen and oxygen atoms in total. The van der Waals surface area contributed by atoms with Gasteiger partial charge in [0.15, 0.2) is 0 Å². The first-order valence-electron chi connectivity index (χ1n) is 10.00. The highest BCUT2D eigenvalue weighted by atomic mass is 16.4. The second-order valence-electron chi connectivity index (χ2n) is 6.73. The van der Waals surface area contributed by atoms with Gasteiger partial charge in [0.25, 0.3) is 0 Å². The standard InChI is InChI=1S/C23H38O2/c1-3-4-5-6-7-8-9-10-11-12-13-14-15-16-17-18-19-22(2)20-21-23(24)25/h7-8,10-11,15-18,22H,3-6,9,12-14,19-21H2,1-2H3,(H,24,25)/b8-7+,11-10+,16-15+,18-17+. The van der Waals surface area contributed by atoms with Crippen LogP contribution in [0.15, 0.2) is 48.6 Å². The largest absolute Gasteiger partial charge is 0.481 e. The molecule has 0 aliphatic heterocycles. The Kier molecular flexibility index (Phi) is 17.6. The van der Waals surface area contributed by atoms with Crippen LogP contribution in [-0.2, 0) is 4.79 Å². The summed E-state index contributed by atoms with van der Waals surface area (Å²) in [6.45, 7) is 4.34. The molecule has 0 aliphatic carbocycles. The molecular formula is C23H38O2. The fourth-order valence-electron chi connectivity index (χ4n) is 2.42. The van der Waals surface area contributed by atoms with Crippen LogP contribution in [0.4, 0.5) is 0 Å². The van der Waals surface area contributed by atoms with Crippen molar-refractivity contribution in [2.24, 2.45) is 5.92 Å². The van der Waals surface area contributed by atoms with Gasteiger partial charge in [-0.2, -0.15) is 0 Å². The van der Waals surface area contributed by atoms with E-state index < -0.39 is 5.97 Å². The third-order valence-electron chi connectivity index (χ3n) is 4.09. The molecule has 0 rings (SSSR count). The maximum Gasteiger partial charge on any atom is 0.303 e. The van der Waals surface area contributed by atoms with E-state index in [-0.39, 0.29) is 6.42 Å². The number of unbranched alkanes of at least 4 members (excludes halogenated alkanes) is 5. The van der Waals surface area contributed by atoms with E-state index in [1.54, 1.807) is 0 Å². The second kappa shape index (κ2) is 18.8. The van der Waals surface area contributed by atoms with Gasteiger partial charge in [-0.25, -0.2) is 0 Å². The van der Waals surface area contributed by atoms with Gasteiger partial charge in [-0.15, -0.1) is 0 Å². The van der Waals surface area contributed by atoms with Crippen molar-refractivity contribution in [2.45, 2.75) is 84.5 Å². The molecule has 1 atom stereocenters. The molecule has 0 saturated carbocycles. The third-order valence-corrected chi connectivity index (χ3v) is 4.09. The zero-order chi connectivity index (χ0) is 18.6. The smallest absolute Gasteiger partial charge is 0.303 e. The molecule has 0 aliphatic rings. The molecule has 0 amide bonds. The summed E-state index contributed by atoms with van der Waals surface area (Å²) >= 11 is 0. The van der Waals surface area contributed by atoms with Crippen LogP contribution >= 0.6 is 0 Å². The van der Waals surface area contributed by atoms with Crippen LogP contribution in [-0.4, -0.2) is 11.1 Å². The van der Waals surface area contributed by atoms with Crippen LogP contribution < -0.4 is 0 Å². The van der Waals surface area contributed by atoms with Gasteiger partial charge in [-0.3, -0.25) is 4.79 Å². The lowest BCUT2D eigenvalue weighted by Gasteiger charge is -2.04. The van der Waals surface area contributed by atoms with E-state index >= 15 is 0 Å². The highest BCUT2D eigenvalue weighted by Crippen LogP contribution is 2.10. The molecule has 0 aromatic rings. The fourth-order valence-corrected chi connectivity index (χ4v) is 2.42. The predicted octanol–water partition coefficient (Wildman–Crippen LogP) is 7.24. The van der Waals surface area contributed by atoms with E-state index in [1.165, 1.54) is 32.1 Å². The zero-order valence-corrected chi connectivity index (χ0v) is 16.3. The minimum Gasteiger partial charge on any atom is -0.481 e. The van der Waals surface area contributed by atoms with Crippen LogP contribution in [0.2, 0.25) is 0 Å². The summed E-state index contributed by atoms with van der Waals surface area (Å²) in [6, 6.07) is 0. The van der Waals surface area contributed by atoms with Crippen molar-refractivity contribution >= 4 is 5.97 Å². The van der Waals surface area contributed by atoms with Crippen LogP contribution in [0, 0.1) is 5.92 Å². The summed E-state index contributed by atoms with van der Waals surface area (Å²) in [5.74, 6) is -0.264. The molecule has 0 radical (unpaired) electrons. The molecule has 25 heavy (non-hydrogen) atoms. The van der Waals surface area contributed by atoms with Crippen LogP contribution in [0.1, 0.15) is 84.5 Å². The number of carbonyl (C=O) groups is 1. The van der Waals surface area contributed by atoms with Gasteiger partial charge in [-0.1, -0.05) is 75.3 Å². The van der Waals surface area contributed by atoms with E-state index in [2.05, 4.69) is 62.5 Å². The van der Waals surface area contributed by atoms with E-state index in [4.69, 9.17) is 5.11 Å². The Morgan fingerprint density at radius 1 is 0.880 bits per heavy atom. The maximum atomic E-state index is 10.5. The monoisotopic (exact) mass is 346 g/mol. The van der Waals surface area contributed by atoms with Gasteiger partial charge in [0.1, 0.15) is 0 Å². The first-order chi connectivity index (χ1) is 12.2. The molecule has 2 heteroatoms. The number of hydrogen-bond acceptors (Lipinski definition) is 1. The van der Waals surface area contributed by atoms with Crippen LogP contribution in [0.5, 0.6) is 0 Å². The molecule has 142 valence electrons. The SMILES string of the molecule is CCCCC/C=C/C/C=C/CCC/C=C/C=C/CC(C)CCC(=O)O. The normalized spacial score (nSPS) is 13.7. The van der Waals surface area contributed by atoms with Crippen molar-refractivity contribution in [3.63, 3.8) is 0 Å². The minimum absolute atomic E-state index is 0.271. The Bertz CT molecular complexity index is 416. The summed E-state index contributed by atoms with van der Waals surface area (Å²) in [5, 5.41) is 8.64. The Morgan fingerprint density at radius 2 is 1.52 bits per heavy atom. The van der Waals surface area contributed by atoms with Gasteiger partial charge < -0.3 is 5.11 Å². The molecule has 1 N–H and O–H groups in total. The molecule has 0 saturated heterocycles. The number of hydrogen-bond donors (Lipinski definition) is 1. The number of allylic oxidation sites excluding steroid dienone is 8. The van der Waals surface area contributed by atoms with Crippen LogP contribution in [0.3, 0.4) is 0 Å². The molecule has 0 spiro atoms. The zero-order valence-electron chi connectivity index (χ0n) is 16.3. The number of carboxylic acid groups (broad SMARTS) is 1. The van der Waals surface area contributed by atoms with Crippen molar-refractivity contribution in [2.75, 3.05) is 0 Å². The summed E-state index contributed by atoms with van der Waals surface area (Å²) < 4.78 is 0. The van der Waals surface area contributed by atoms with E-state index in [0.29, 0.717) is 5.92 Å². The Morgan fingerprint density at radius 3 is 2.20 bits per heavy atom. The molecular weight excluding hydrogens is 308 g/mol. The van der Waals surface area contributed by atoms with Gasteiger partial charge in [-0.05, 0) is 57.3 Å². The van der Waals surface area contributed by atoms with Crippen molar-refractivity contribution in [1.29, 1.82) is 0 Å². The summed E-state index contributed by atoms with van der Waals surface area (Å²) in [6.07, 6.45) is 29.3. The maximum absolute atomic E-state index is 10.5. The number of aliphatic carboxylic acids is 1. The summed E-state index contributed by atoms with van der Waals surface area (Å²) in [4.78, 5) is 10.5. The van der Waals surface area contributed by atoms with Gasteiger partial charge >= 0.3 is 5.97 Å². The quantitative estimate of drug-likeness (QED) is 0.182. The first-order valence-corrected chi connectivity index (χ1v) is 10.00. The fraction of sp³-hybridized carbons (Fsp3) is 0.609. The van der Waals surface area contributed by atoms with E-state index in [1.807, 2.05) is 0 Å².